The molecule has 20 heavy (non-hydrogen) atoms. The molecule has 0 saturated carbocycles. The first-order valence-electron chi connectivity index (χ1n) is 6.05. The number of aromatic nitrogens is 1. The van der Waals surface area contributed by atoms with Crippen molar-refractivity contribution in [3.63, 3.8) is 0 Å². The number of nitrogens with one attached hydrogen (secondary N) is 2. The van der Waals surface area contributed by atoms with Crippen LogP contribution in [-0.4, -0.2) is 17.6 Å². The summed E-state index contributed by atoms with van der Waals surface area (Å²) < 4.78 is 1.04. The molecule has 0 bridgehead atoms. The van der Waals surface area contributed by atoms with Gasteiger partial charge in [0, 0.05) is 22.2 Å². The molecule has 2 amide bonds. The molecule has 0 aliphatic rings. The summed E-state index contributed by atoms with van der Waals surface area (Å²) in [6.07, 6.45) is 2.29. The number of benzene rings is 1. The van der Waals surface area contributed by atoms with E-state index in [-0.39, 0.29) is 6.03 Å². The lowest BCUT2D eigenvalue weighted by Gasteiger charge is -2.08. The highest BCUT2D eigenvalue weighted by molar-refractivity contribution is 9.10. The van der Waals surface area contributed by atoms with Gasteiger partial charge in [0.1, 0.15) is 5.82 Å². The first kappa shape index (κ1) is 14.8. The highest BCUT2D eigenvalue weighted by Gasteiger charge is 2.03. The van der Waals surface area contributed by atoms with Crippen molar-refractivity contribution in [2.45, 2.75) is 6.42 Å². The molecule has 0 saturated heterocycles. The number of carbonyl (C=O) groups excluding carboxylic acids is 1. The van der Waals surface area contributed by atoms with Gasteiger partial charge in [-0.2, -0.15) is 0 Å². The van der Waals surface area contributed by atoms with Gasteiger partial charge in [-0.15, -0.1) is 0 Å². The smallest absolute Gasteiger partial charge is 0.320 e. The van der Waals surface area contributed by atoms with Crippen molar-refractivity contribution in [1.29, 1.82) is 0 Å². The first-order chi connectivity index (χ1) is 9.65. The van der Waals surface area contributed by atoms with Gasteiger partial charge in [0.15, 0.2) is 0 Å². The lowest BCUT2D eigenvalue weighted by Crippen LogP contribution is -2.30. The van der Waals surface area contributed by atoms with Crippen molar-refractivity contribution in [2.75, 3.05) is 11.9 Å². The van der Waals surface area contributed by atoms with Crippen LogP contribution in [0, 0.1) is 0 Å². The fraction of sp³-hybridized carbons (Fsp3) is 0.143. The number of hydrogen-bond acceptors (Lipinski definition) is 2. The van der Waals surface area contributed by atoms with E-state index in [0.717, 1.165) is 16.5 Å². The lowest BCUT2D eigenvalue weighted by atomic mass is 10.1. The van der Waals surface area contributed by atoms with E-state index in [2.05, 4.69) is 31.5 Å². The second kappa shape index (κ2) is 7.26. The highest BCUT2D eigenvalue weighted by atomic mass is 79.9. The normalized spacial score (nSPS) is 10.1. The van der Waals surface area contributed by atoms with Crippen LogP contribution in [0.3, 0.4) is 0 Å². The minimum absolute atomic E-state index is 0.299. The van der Waals surface area contributed by atoms with E-state index >= 15 is 0 Å². The molecule has 1 heterocycles. The average Bonchev–Trinajstić information content (AvgIpc) is 2.41. The lowest BCUT2D eigenvalue weighted by molar-refractivity contribution is 0.252. The predicted octanol–water partition coefficient (Wildman–Crippen LogP) is 3.86. The Balaban J connectivity index is 1.80. The van der Waals surface area contributed by atoms with Crippen molar-refractivity contribution in [2.24, 2.45) is 0 Å². The van der Waals surface area contributed by atoms with Gasteiger partial charge in [0.05, 0.1) is 0 Å². The fourth-order valence-electron chi connectivity index (χ4n) is 1.65. The third kappa shape index (κ3) is 4.51. The molecular formula is C14H13BrClN3O. The quantitative estimate of drug-likeness (QED) is 0.876. The molecule has 2 aromatic rings. The fourth-order valence-corrected chi connectivity index (χ4v) is 2.29. The summed E-state index contributed by atoms with van der Waals surface area (Å²) in [5.74, 6) is 0.427. The Bertz CT molecular complexity index is 606. The molecule has 2 N–H and O–H groups in total. The largest absolute Gasteiger partial charge is 0.337 e. The number of anilines is 1. The third-order valence-electron chi connectivity index (χ3n) is 2.60. The van der Waals surface area contributed by atoms with Gasteiger partial charge in [0.25, 0.3) is 0 Å². The maximum atomic E-state index is 11.7. The Morgan fingerprint density at radius 3 is 2.85 bits per heavy atom. The molecule has 0 atom stereocenters. The Morgan fingerprint density at radius 1 is 1.30 bits per heavy atom. The molecule has 104 valence electrons. The summed E-state index contributed by atoms with van der Waals surface area (Å²) >= 11 is 9.29. The van der Waals surface area contributed by atoms with E-state index in [1.807, 2.05) is 24.3 Å². The summed E-state index contributed by atoms with van der Waals surface area (Å²) in [6.45, 7) is 0.537. The van der Waals surface area contributed by atoms with Gasteiger partial charge in [-0.3, -0.25) is 5.32 Å². The predicted molar refractivity (Wildman–Crippen MR) is 84.1 cm³/mol. The van der Waals surface area contributed by atoms with Crippen LogP contribution in [-0.2, 0) is 6.42 Å². The van der Waals surface area contributed by atoms with E-state index in [9.17, 15) is 4.79 Å². The number of halogens is 2. The second-order valence-electron chi connectivity index (χ2n) is 4.08. The molecule has 0 fully saturated rings. The Labute approximate surface area is 130 Å². The van der Waals surface area contributed by atoms with Crippen molar-refractivity contribution in [3.05, 3.63) is 57.7 Å². The van der Waals surface area contributed by atoms with Gasteiger partial charge in [-0.1, -0.05) is 45.7 Å². The average molecular weight is 355 g/mol. The molecule has 6 heteroatoms. The topological polar surface area (TPSA) is 54.0 Å². The summed E-state index contributed by atoms with van der Waals surface area (Å²) in [6, 6.07) is 10.9. The molecule has 0 aliphatic carbocycles. The number of hydrogen-bond donors (Lipinski definition) is 2. The standard InChI is InChI=1S/C14H13BrClN3O/c15-12-4-2-1-3-10(12)5-7-18-14(20)19-13-9-11(16)6-8-17-13/h1-4,6,8-9H,5,7H2,(H2,17,18,19,20). The van der Waals surface area contributed by atoms with E-state index in [4.69, 9.17) is 11.6 Å². The Hall–Kier alpha value is -1.59. The maximum absolute atomic E-state index is 11.7. The minimum atomic E-state index is -0.299. The van der Waals surface area contributed by atoms with Gasteiger partial charge >= 0.3 is 6.03 Å². The zero-order valence-electron chi connectivity index (χ0n) is 10.6. The van der Waals surface area contributed by atoms with Gasteiger partial charge in [-0.25, -0.2) is 9.78 Å². The van der Waals surface area contributed by atoms with Gasteiger partial charge in [-0.05, 0) is 30.2 Å². The SMILES string of the molecule is O=C(NCCc1ccccc1Br)Nc1cc(Cl)ccn1. The number of rotatable bonds is 4. The van der Waals surface area contributed by atoms with Gasteiger partial charge in [0.2, 0.25) is 0 Å². The molecule has 0 radical (unpaired) electrons. The molecule has 0 aliphatic heterocycles. The van der Waals surface area contributed by atoms with E-state index in [0.29, 0.717) is 17.4 Å². The van der Waals surface area contributed by atoms with Crippen molar-refractivity contribution >= 4 is 39.4 Å². The van der Waals surface area contributed by atoms with Crippen molar-refractivity contribution < 1.29 is 4.79 Å². The van der Waals surface area contributed by atoms with Crippen LogP contribution < -0.4 is 10.6 Å². The van der Waals surface area contributed by atoms with Crippen LogP contribution in [0.1, 0.15) is 5.56 Å². The van der Waals surface area contributed by atoms with E-state index in [1.165, 1.54) is 0 Å². The highest BCUT2D eigenvalue weighted by Crippen LogP contribution is 2.15. The monoisotopic (exact) mass is 353 g/mol. The molecule has 1 aromatic heterocycles. The van der Waals surface area contributed by atoms with Crippen LogP contribution in [0.2, 0.25) is 5.02 Å². The van der Waals surface area contributed by atoms with Crippen LogP contribution in [0.15, 0.2) is 47.1 Å². The minimum Gasteiger partial charge on any atom is -0.337 e. The zero-order valence-corrected chi connectivity index (χ0v) is 12.9. The Morgan fingerprint density at radius 2 is 2.10 bits per heavy atom. The maximum Gasteiger partial charge on any atom is 0.320 e. The molecular weight excluding hydrogens is 342 g/mol. The van der Waals surface area contributed by atoms with Crippen LogP contribution in [0.5, 0.6) is 0 Å². The summed E-state index contributed by atoms with van der Waals surface area (Å²) in [7, 11) is 0. The summed E-state index contributed by atoms with van der Waals surface area (Å²) in [5.41, 5.74) is 1.15. The number of carbonyl (C=O) groups is 1. The zero-order chi connectivity index (χ0) is 14.4. The molecule has 0 unspecified atom stereocenters. The Kier molecular flexibility index (Phi) is 5.38. The van der Waals surface area contributed by atoms with Crippen LogP contribution in [0.25, 0.3) is 0 Å². The second-order valence-corrected chi connectivity index (χ2v) is 5.37. The number of nitrogens with zero attached hydrogens (tertiary/aromatic N) is 1. The summed E-state index contributed by atoms with van der Waals surface area (Å²) in [4.78, 5) is 15.7. The van der Waals surface area contributed by atoms with E-state index < -0.39 is 0 Å². The molecule has 0 spiro atoms. The number of urea groups is 1. The van der Waals surface area contributed by atoms with Crippen molar-refractivity contribution in [3.8, 4) is 0 Å². The summed E-state index contributed by atoms with van der Waals surface area (Å²) in [5, 5.41) is 5.93. The number of pyridine rings is 1. The number of amides is 2. The molecule has 4 nitrogen and oxygen atoms in total. The van der Waals surface area contributed by atoms with Gasteiger partial charge < -0.3 is 5.32 Å². The first-order valence-corrected chi connectivity index (χ1v) is 7.22. The van der Waals surface area contributed by atoms with E-state index in [1.54, 1.807) is 18.3 Å². The molecule has 2 rings (SSSR count). The van der Waals surface area contributed by atoms with Crippen LogP contribution >= 0.6 is 27.5 Å². The van der Waals surface area contributed by atoms with Crippen LogP contribution in [0.4, 0.5) is 10.6 Å². The van der Waals surface area contributed by atoms with Crippen molar-refractivity contribution in [1.82, 2.24) is 10.3 Å². The third-order valence-corrected chi connectivity index (χ3v) is 3.61. The molecule has 1 aromatic carbocycles.